The molecule has 1 aromatic heterocycles. The summed E-state index contributed by atoms with van der Waals surface area (Å²) in [5.41, 5.74) is 7.76. The molecule has 0 radical (unpaired) electrons. The number of ether oxygens (including phenoxy) is 1. The van der Waals surface area contributed by atoms with Crippen molar-refractivity contribution < 1.29 is 9.13 Å². The summed E-state index contributed by atoms with van der Waals surface area (Å²) in [5.74, 6) is -0.146. The Morgan fingerprint density at radius 3 is 2.69 bits per heavy atom. The topological polar surface area (TPSA) is 35.2 Å². The van der Waals surface area contributed by atoms with Gasteiger partial charge in [0.25, 0.3) is 0 Å². The van der Waals surface area contributed by atoms with Gasteiger partial charge in [0.15, 0.2) is 11.6 Å². The molecule has 0 fully saturated rings. The van der Waals surface area contributed by atoms with E-state index in [1.165, 1.54) is 13.2 Å². The van der Waals surface area contributed by atoms with Gasteiger partial charge in [-0.15, -0.1) is 0 Å². The van der Waals surface area contributed by atoms with Crippen LogP contribution in [0.3, 0.4) is 0 Å². The van der Waals surface area contributed by atoms with E-state index in [2.05, 4.69) is 0 Å². The summed E-state index contributed by atoms with van der Waals surface area (Å²) < 4.78 is 18.3. The third-order valence-electron chi connectivity index (χ3n) is 2.44. The molecule has 4 heteroatoms. The van der Waals surface area contributed by atoms with Crippen LogP contribution >= 0.6 is 11.3 Å². The van der Waals surface area contributed by atoms with Gasteiger partial charge in [-0.25, -0.2) is 4.39 Å². The Morgan fingerprint density at radius 1 is 1.31 bits per heavy atom. The van der Waals surface area contributed by atoms with Gasteiger partial charge in [0, 0.05) is 0 Å². The van der Waals surface area contributed by atoms with Crippen molar-refractivity contribution in [1.29, 1.82) is 0 Å². The quantitative estimate of drug-likeness (QED) is 0.890. The fourth-order valence-corrected chi connectivity index (χ4v) is 2.22. The zero-order valence-corrected chi connectivity index (χ0v) is 9.63. The molecule has 0 aliphatic rings. The molecule has 1 heterocycles. The van der Waals surface area contributed by atoms with Gasteiger partial charge in [0.1, 0.15) is 0 Å². The molecule has 2 nitrogen and oxygen atoms in total. The van der Waals surface area contributed by atoms with Crippen molar-refractivity contribution in [2.75, 3.05) is 7.11 Å². The van der Waals surface area contributed by atoms with Crippen LogP contribution in [0.15, 0.2) is 35.0 Å². The van der Waals surface area contributed by atoms with Crippen LogP contribution in [0.4, 0.5) is 4.39 Å². The second-order valence-corrected chi connectivity index (χ2v) is 4.21. The second-order valence-electron chi connectivity index (χ2n) is 3.43. The number of methoxy groups -OCH3 is 1. The van der Waals surface area contributed by atoms with Crippen LogP contribution in [0.1, 0.15) is 17.2 Å². The summed E-state index contributed by atoms with van der Waals surface area (Å²) >= 11 is 1.58. The van der Waals surface area contributed by atoms with E-state index >= 15 is 0 Å². The Kier molecular flexibility index (Phi) is 3.22. The van der Waals surface area contributed by atoms with Gasteiger partial charge < -0.3 is 10.5 Å². The molecule has 0 aliphatic heterocycles. The summed E-state index contributed by atoms with van der Waals surface area (Å²) in [6.07, 6.45) is 0. The van der Waals surface area contributed by atoms with E-state index in [4.69, 9.17) is 10.5 Å². The first kappa shape index (κ1) is 11.1. The summed E-state index contributed by atoms with van der Waals surface area (Å²) in [4.78, 5) is 0. The van der Waals surface area contributed by atoms with E-state index in [-0.39, 0.29) is 17.6 Å². The van der Waals surface area contributed by atoms with Crippen LogP contribution in [-0.2, 0) is 0 Å². The van der Waals surface area contributed by atoms with E-state index in [1.54, 1.807) is 23.5 Å². The maximum absolute atomic E-state index is 13.5. The molecule has 0 spiro atoms. The van der Waals surface area contributed by atoms with Crippen LogP contribution < -0.4 is 10.5 Å². The van der Waals surface area contributed by atoms with E-state index < -0.39 is 0 Å². The van der Waals surface area contributed by atoms with Gasteiger partial charge in [-0.2, -0.15) is 11.3 Å². The summed E-state index contributed by atoms with van der Waals surface area (Å²) in [7, 11) is 1.44. The molecule has 84 valence electrons. The summed E-state index contributed by atoms with van der Waals surface area (Å²) in [6.45, 7) is 0. The zero-order valence-electron chi connectivity index (χ0n) is 8.81. The lowest BCUT2D eigenvalue weighted by Gasteiger charge is -2.11. The lowest BCUT2D eigenvalue weighted by atomic mass is 10.0. The number of halogens is 1. The second kappa shape index (κ2) is 4.63. The first-order valence-electron chi connectivity index (χ1n) is 4.83. The molecule has 0 saturated heterocycles. The van der Waals surface area contributed by atoms with Crippen LogP contribution in [-0.4, -0.2) is 7.11 Å². The van der Waals surface area contributed by atoms with E-state index in [9.17, 15) is 4.39 Å². The smallest absolute Gasteiger partial charge is 0.165 e. The Hall–Kier alpha value is -1.39. The number of thiophene rings is 1. The largest absolute Gasteiger partial charge is 0.494 e. The number of hydrogen-bond acceptors (Lipinski definition) is 3. The third kappa shape index (κ3) is 2.08. The van der Waals surface area contributed by atoms with E-state index in [0.717, 1.165) is 11.1 Å². The molecular formula is C12H12FNOS. The minimum atomic E-state index is -0.384. The fraction of sp³-hybridized carbons (Fsp3) is 0.167. The lowest BCUT2D eigenvalue weighted by Crippen LogP contribution is -2.11. The molecule has 2 rings (SSSR count). The Bertz CT molecular complexity index is 470. The first-order valence-corrected chi connectivity index (χ1v) is 5.77. The Labute approximate surface area is 97.5 Å². The summed E-state index contributed by atoms with van der Waals surface area (Å²) in [5, 5.41) is 3.92. The van der Waals surface area contributed by atoms with E-state index in [0.29, 0.717) is 0 Å². The van der Waals surface area contributed by atoms with Crippen molar-refractivity contribution >= 4 is 11.3 Å². The highest BCUT2D eigenvalue weighted by molar-refractivity contribution is 7.08. The summed E-state index contributed by atoms with van der Waals surface area (Å²) in [6, 6.07) is 6.45. The average Bonchev–Trinajstić information content (AvgIpc) is 2.81. The fourth-order valence-electron chi connectivity index (χ4n) is 1.52. The normalized spacial score (nSPS) is 12.4. The molecule has 16 heavy (non-hydrogen) atoms. The van der Waals surface area contributed by atoms with Crippen molar-refractivity contribution in [3.8, 4) is 5.75 Å². The van der Waals surface area contributed by atoms with Gasteiger partial charge >= 0.3 is 0 Å². The van der Waals surface area contributed by atoms with Crippen molar-refractivity contribution in [3.63, 3.8) is 0 Å². The standard InChI is InChI=1S/C12H12FNOS/c1-15-11-3-2-8(6-10(11)13)12(14)9-4-5-16-7-9/h2-7,12H,14H2,1H3/t12-/m1/s1. The van der Waals surface area contributed by atoms with Crippen LogP contribution in [0, 0.1) is 5.82 Å². The number of hydrogen-bond donors (Lipinski definition) is 1. The number of rotatable bonds is 3. The van der Waals surface area contributed by atoms with Gasteiger partial charge in [-0.3, -0.25) is 0 Å². The third-order valence-corrected chi connectivity index (χ3v) is 3.14. The molecule has 2 N–H and O–H groups in total. The SMILES string of the molecule is COc1ccc([C@@H](N)c2ccsc2)cc1F. The van der Waals surface area contributed by atoms with Gasteiger partial charge in [0.05, 0.1) is 13.2 Å². The molecule has 1 aromatic carbocycles. The van der Waals surface area contributed by atoms with Crippen molar-refractivity contribution in [1.82, 2.24) is 0 Å². The lowest BCUT2D eigenvalue weighted by molar-refractivity contribution is 0.386. The Morgan fingerprint density at radius 2 is 2.12 bits per heavy atom. The Balaban J connectivity index is 2.31. The molecule has 0 unspecified atom stereocenters. The molecule has 0 aliphatic carbocycles. The predicted octanol–water partition coefficient (Wildman–Crippen LogP) is 2.94. The highest BCUT2D eigenvalue weighted by Gasteiger charge is 2.12. The maximum atomic E-state index is 13.5. The van der Waals surface area contributed by atoms with Crippen molar-refractivity contribution in [2.24, 2.45) is 5.73 Å². The highest BCUT2D eigenvalue weighted by Crippen LogP contribution is 2.25. The average molecular weight is 237 g/mol. The highest BCUT2D eigenvalue weighted by atomic mass is 32.1. The van der Waals surface area contributed by atoms with E-state index in [1.807, 2.05) is 16.8 Å². The van der Waals surface area contributed by atoms with Gasteiger partial charge in [0.2, 0.25) is 0 Å². The van der Waals surface area contributed by atoms with Crippen LogP contribution in [0.5, 0.6) is 5.75 Å². The molecule has 0 saturated carbocycles. The minimum Gasteiger partial charge on any atom is -0.494 e. The molecule has 2 aromatic rings. The first-order chi connectivity index (χ1) is 7.72. The molecule has 1 atom stereocenters. The minimum absolute atomic E-state index is 0.237. The van der Waals surface area contributed by atoms with Crippen molar-refractivity contribution in [3.05, 3.63) is 52.0 Å². The molecule has 0 amide bonds. The van der Waals surface area contributed by atoms with Crippen LogP contribution in [0.25, 0.3) is 0 Å². The van der Waals surface area contributed by atoms with Gasteiger partial charge in [-0.05, 0) is 40.1 Å². The predicted molar refractivity (Wildman–Crippen MR) is 63.3 cm³/mol. The number of nitrogens with two attached hydrogens (primary N) is 1. The van der Waals surface area contributed by atoms with Gasteiger partial charge in [-0.1, -0.05) is 6.07 Å². The molecular weight excluding hydrogens is 225 g/mol. The maximum Gasteiger partial charge on any atom is 0.165 e. The number of benzene rings is 1. The van der Waals surface area contributed by atoms with Crippen molar-refractivity contribution in [2.45, 2.75) is 6.04 Å². The zero-order chi connectivity index (χ0) is 11.5. The van der Waals surface area contributed by atoms with Crippen LogP contribution in [0.2, 0.25) is 0 Å². The monoisotopic (exact) mass is 237 g/mol. The molecule has 0 bridgehead atoms.